The zero-order valence-electron chi connectivity index (χ0n) is 15.4. The van der Waals surface area contributed by atoms with Crippen molar-refractivity contribution in [3.8, 4) is 11.4 Å². The number of para-hydroxylation sites is 1. The van der Waals surface area contributed by atoms with Crippen LogP contribution in [-0.4, -0.2) is 22.6 Å². The van der Waals surface area contributed by atoms with Crippen LogP contribution in [0.4, 0.5) is 5.69 Å². The van der Waals surface area contributed by atoms with Gasteiger partial charge in [-0.15, -0.1) is 0 Å². The molecule has 4 rings (SSSR count). The van der Waals surface area contributed by atoms with Gasteiger partial charge >= 0.3 is 0 Å². The number of amides is 1. The van der Waals surface area contributed by atoms with Gasteiger partial charge in [0, 0.05) is 11.3 Å². The molecule has 4 aromatic rings. The lowest BCUT2D eigenvalue weighted by Gasteiger charge is -2.10. The Morgan fingerprint density at radius 2 is 1.86 bits per heavy atom. The van der Waals surface area contributed by atoms with Crippen LogP contribution in [0.15, 0.2) is 77.9 Å². The van der Waals surface area contributed by atoms with Crippen molar-refractivity contribution in [3.05, 3.63) is 94.0 Å². The van der Waals surface area contributed by atoms with E-state index in [1.807, 2.05) is 18.2 Å². The van der Waals surface area contributed by atoms with Gasteiger partial charge in [-0.05, 0) is 48.5 Å². The molecule has 0 unspecified atom stereocenters. The smallest absolute Gasteiger partial charge is 0.265 e. The van der Waals surface area contributed by atoms with E-state index in [1.165, 1.54) is 18.0 Å². The first-order valence-corrected chi connectivity index (χ1v) is 9.16. The van der Waals surface area contributed by atoms with Crippen molar-refractivity contribution in [3.63, 3.8) is 0 Å². The summed E-state index contributed by atoms with van der Waals surface area (Å²) in [7, 11) is 1.52. The molecule has 0 aliphatic carbocycles. The number of aromatic nitrogens is 2. The molecule has 29 heavy (non-hydrogen) atoms. The maximum Gasteiger partial charge on any atom is 0.265 e. The van der Waals surface area contributed by atoms with Gasteiger partial charge in [0.25, 0.3) is 11.5 Å². The van der Waals surface area contributed by atoms with E-state index in [-0.39, 0.29) is 11.5 Å². The number of anilines is 1. The Bertz CT molecular complexity index is 1270. The molecule has 6 nitrogen and oxygen atoms in total. The van der Waals surface area contributed by atoms with E-state index in [1.54, 1.807) is 48.5 Å². The number of carbonyl (C=O) groups is 1. The molecule has 1 heterocycles. The van der Waals surface area contributed by atoms with E-state index in [0.29, 0.717) is 38.6 Å². The highest BCUT2D eigenvalue weighted by molar-refractivity contribution is 6.32. The van der Waals surface area contributed by atoms with E-state index in [0.717, 1.165) is 0 Å². The number of carbonyl (C=O) groups excluding carboxylic acids is 1. The van der Waals surface area contributed by atoms with Gasteiger partial charge < -0.3 is 10.1 Å². The van der Waals surface area contributed by atoms with Crippen LogP contribution in [-0.2, 0) is 0 Å². The van der Waals surface area contributed by atoms with Crippen LogP contribution in [0.3, 0.4) is 0 Å². The van der Waals surface area contributed by atoms with Crippen LogP contribution < -0.4 is 15.6 Å². The van der Waals surface area contributed by atoms with Crippen molar-refractivity contribution in [2.45, 2.75) is 0 Å². The summed E-state index contributed by atoms with van der Waals surface area (Å²) in [5.41, 5.74) is 1.86. The maximum atomic E-state index is 12.9. The van der Waals surface area contributed by atoms with Crippen molar-refractivity contribution < 1.29 is 9.53 Å². The van der Waals surface area contributed by atoms with Gasteiger partial charge in [0.15, 0.2) is 0 Å². The first kappa shape index (κ1) is 18.7. The van der Waals surface area contributed by atoms with Crippen LogP contribution in [0, 0.1) is 0 Å². The average molecular weight is 406 g/mol. The summed E-state index contributed by atoms with van der Waals surface area (Å²) in [4.78, 5) is 29.7. The molecule has 3 aromatic carbocycles. The monoisotopic (exact) mass is 405 g/mol. The van der Waals surface area contributed by atoms with Crippen LogP contribution in [0.5, 0.6) is 5.75 Å². The molecule has 144 valence electrons. The number of methoxy groups -OCH3 is 1. The fraction of sp³-hybridized carbons (Fsp3) is 0.0455. The van der Waals surface area contributed by atoms with E-state index in [2.05, 4.69) is 10.3 Å². The Balaban J connectivity index is 1.69. The molecule has 1 amide bonds. The summed E-state index contributed by atoms with van der Waals surface area (Å²) in [6.07, 6.45) is 1.42. The highest BCUT2D eigenvalue weighted by Gasteiger charge is 2.12. The minimum Gasteiger partial charge on any atom is -0.495 e. The summed E-state index contributed by atoms with van der Waals surface area (Å²) in [5.74, 6) is 0.247. The summed E-state index contributed by atoms with van der Waals surface area (Å²) in [5, 5.41) is 3.61. The number of nitrogens with one attached hydrogen (secondary N) is 1. The van der Waals surface area contributed by atoms with Crippen LogP contribution in [0.1, 0.15) is 10.4 Å². The van der Waals surface area contributed by atoms with Crippen molar-refractivity contribution in [2.75, 3.05) is 12.4 Å². The van der Waals surface area contributed by atoms with Crippen molar-refractivity contribution >= 4 is 34.1 Å². The molecule has 0 spiro atoms. The topological polar surface area (TPSA) is 73.2 Å². The molecule has 7 heteroatoms. The van der Waals surface area contributed by atoms with Crippen molar-refractivity contribution in [1.82, 2.24) is 9.55 Å². The van der Waals surface area contributed by atoms with Crippen LogP contribution >= 0.6 is 11.6 Å². The normalized spacial score (nSPS) is 10.7. The Morgan fingerprint density at radius 1 is 1.07 bits per heavy atom. The standard InChI is InChI=1S/C22H16ClN3O3/c1-29-20-10-8-16(12-18(20)23)26-13-24-19-11-14(7-9-17(19)22(26)28)21(27)25-15-5-3-2-4-6-15/h2-13H,1H3,(H,25,27). The molecule has 0 saturated carbocycles. The summed E-state index contributed by atoms with van der Waals surface area (Å²) < 4.78 is 6.54. The first-order chi connectivity index (χ1) is 14.1. The molecule has 1 aromatic heterocycles. The highest BCUT2D eigenvalue weighted by atomic mass is 35.5. The van der Waals surface area contributed by atoms with Gasteiger partial charge in [0.1, 0.15) is 12.1 Å². The van der Waals surface area contributed by atoms with E-state index in [4.69, 9.17) is 16.3 Å². The molecule has 0 aliphatic rings. The Hall–Kier alpha value is -3.64. The third-order valence-corrected chi connectivity index (χ3v) is 4.76. The average Bonchev–Trinajstić information content (AvgIpc) is 2.74. The Kier molecular flexibility index (Phi) is 5.01. The second-order valence-electron chi connectivity index (χ2n) is 6.29. The van der Waals surface area contributed by atoms with Crippen molar-refractivity contribution in [1.29, 1.82) is 0 Å². The lowest BCUT2D eigenvalue weighted by Crippen LogP contribution is -2.19. The summed E-state index contributed by atoms with van der Waals surface area (Å²) in [6, 6.07) is 19.0. The molecule has 0 aliphatic heterocycles. The molecule has 0 atom stereocenters. The van der Waals surface area contributed by atoms with E-state index >= 15 is 0 Å². The zero-order valence-corrected chi connectivity index (χ0v) is 16.2. The minimum atomic E-state index is -0.272. The first-order valence-electron chi connectivity index (χ1n) is 8.78. The zero-order chi connectivity index (χ0) is 20.4. The number of rotatable bonds is 4. The molecule has 0 saturated heterocycles. The predicted octanol–water partition coefficient (Wildman–Crippen LogP) is 4.30. The second kappa shape index (κ2) is 7.77. The molecule has 0 radical (unpaired) electrons. The third-order valence-electron chi connectivity index (χ3n) is 4.47. The van der Waals surface area contributed by atoms with Gasteiger partial charge in [-0.1, -0.05) is 29.8 Å². The van der Waals surface area contributed by atoms with E-state index < -0.39 is 0 Å². The number of fused-ring (bicyclic) bond motifs is 1. The predicted molar refractivity (Wildman–Crippen MR) is 113 cm³/mol. The van der Waals surface area contributed by atoms with Gasteiger partial charge in [-0.2, -0.15) is 0 Å². The fourth-order valence-electron chi connectivity index (χ4n) is 2.98. The number of benzene rings is 3. The fourth-order valence-corrected chi connectivity index (χ4v) is 3.23. The van der Waals surface area contributed by atoms with Gasteiger partial charge in [-0.25, -0.2) is 4.98 Å². The Labute approximate surface area is 171 Å². The lowest BCUT2D eigenvalue weighted by atomic mass is 10.1. The molecule has 1 N–H and O–H groups in total. The Morgan fingerprint density at radius 3 is 2.59 bits per heavy atom. The van der Waals surface area contributed by atoms with Gasteiger partial charge in [0.2, 0.25) is 0 Å². The van der Waals surface area contributed by atoms with Gasteiger partial charge in [-0.3, -0.25) is 14.2 Å². The van der Waals surface area contributed by atoms with Gasteiger partial charge in [0.05, 0.1) is 28.7 Å². The molecule has 0 bridgehead atoms. The summed E-state index contributed by atoms with van der Waals surface area (Å²) >= 11 is 6.17. The largest absolute Gasteiger partial charge is 0.495 e. The quantitative estimate of drug-likeness (QED) is 0.549. The molecule has 0 fully saturated rings. The lowest BCUT2D eigenvalue weighted by molar-refractivity contribution is 0.102. The molecular formula is C22H16ClN3O3. The second-order valence-corrected chi connectivity index (χ2v) is 6.70. The van der Waals surface area contributed by atoms with Crippen LogP contribution in [0.25, 0.3) is 16.6 Å². The molecular weight excluding hydrogens is 390 g/mol. The third kappa shape index (κ3) is 3.70. The minimum absolute atomic E-state index is 0.258. The van der Waals surface area contributed by atoms with Crippen molar-refractivity contribution in [2.24, 2.45) is 0 Å². The number of hydrogen-bond acceptors (Lipinski definition) is 4. The number of halogens is 1. The summed E-state index contributed by atoms with van der Waals surface area (Å²) in [6.45, 7) is 0. The maximum absolute atomic E-state index is 12.9. The number of hydrogen-bond donors (Lipinski definition) is 1. The highest BCUT2D eigenvalue weighted by Crippen LogP contribution is 2.26. The number of nitrogens with zero attached hydrogens (tertiary/aromatic N) is 2. The van der Waals surface area contributed by atoms with Crippen LogP contribution in [0.2, 0.25) is 5.02 Å². The van der Waals surface area contributed by atoms with E-state index in [9.17, 15) is 9.59 Å². The number of ether oxygens (including phenoxy) is 1. The SMILES string of the molecule is COc1ccc(-n2cnc3cc(C(=O)Nc4ccccc4)ccc3c2=O)cc1Cl.